The van der Waals surface area contributed by atoms with Gasteiger partial charge >= 0.3 is 5.97 Å². The second kappa shape index (κ2) is 12.3. The zero-order valence-electron chi connectivity index (χ0n) is 27.9. The average molecular weight is 826 g/mol. The minimum atomic E-state index is -1.96. The van der Waals surface area contributed by atoms with Crippen LogP contribution in [0.2, 0.25) is 0 Å². The largest absolute Gasteiger partial charge is 0.468 e. The van der Waals surface area contributed by atoms with Crippen LogP contribution in [0.15, 0.2) is 121 Å². The first-order chi connectivity index (χ1) is 25.2. The highest BCUT2D eigenvalue weighted by Crippen LogP contribution is 2.70. The maximum Gasteiger partial charge on any atom is 0.328 e. The SMILES string of the molecule is COC(=O)[C@@]12[C@H]3C(=O)N(c4ccccc4)C(=O)[C@H]3[C@H]3[C@H](I)[C@@H](c4ccccc4)[C@@H]([C@@H](Cl)c4ccccc4)[C@H]([C@@H]4C(=O)N(c5ccccc5)C(=O)[C@@H]41)N32. The van der Waals surface area contributed by atoms with E-state index in [0.29, 0.717) is 11.4 Å². The Morgan fingerprint density at radius 2 is 1.10 bits per heavy atom. The Morgan fingerprint density at radius 3 is 1.58 bits per heavy atom. The molecule has 9 nitrogen and oxygen atoms in total. The second-order valence-corrected chi connectivity index (χ2v) is 16.1. The van der Waals surface area contributed by atoms with Gasteiger partial charge in [0.1, 0.15) is 5.54 Å². The molecule has 0 radical (unpaired) electrons. The number of hydrogen-bond donors (Lipinski definition) is 0. The van der Waals surface area contributed by atoms with E-state index in [9.17, 15) is 9.59 Å². The zero-order valence-corrected chi connectivity index (χ0v) is 30.8. The number of amides is 4. The number of benzene rings is 4. The molecular weight excluding hydrogens is 793 g/mol. The van der Waals surface area contributed by atoms with Gasteiger partial charge in [0.2, 0.25) is 23.6 Å². The number of anilines is 2. The zero-order chi connectivity index (χ0) is 36.1. The maximum atomic E-state index is 15.1. The summed E-state index contributed by atoms with van der Waals surface area (Å²) in [7, 11) is 1.23. The Labute approximate surface area is 319 Å². The van der Waals surface area contributed by atoms with Crippen LogP contribution >= 0.6 is 34.2 Å². The van der Waals surface area contributed by atoms with E-state index in [4.69, 9.17) is 16.3 Å². The number of halogens is 2. The van der Waals surface area contributed by atoms with Crippen LogP contribution in [-0.4, -0.2) is 63.2 Å². The molecule has 11 atom stereocenters. The van der Waals surface area contributed by atoms with Gasteiger partial charge in [0, 0.05) is 27.8 Å². The van der Waals surface area contributed by atoms with Crippen LogP contribution in [0.5, 0.6) is 0 Å². The van der Waals surface area contributed by atoms with Crippen molar-refractivity contribution in [1.29, 1.82) is 0 Å². The van der Waals surface area contributed by atoms with E-state index in [1.807, 2.05) is 65.6 Å². The van der Waals surface area contributed by atoms with Crippen molar-refractivity contribution < 1.29 is 28.7 Å². The molecule has 0 bridgehead atoms. The number of rotatable bonds is 6. The van der Waals surface area contributed by atoms with Gasteiger partial charge in [-0.2, -0.15) is 0 Å². The molecule has 0 aromatic heterocycles. The van der Waals surface area contributed by atoms with E-state index in [2.05, 4.69) is 22.6 Å². The van der Waals surface area contributed by atoms with E-state index < -0.39 is 82.2 Å². The third-order valence-electron chi connectivity index (χ3n) is 12.1. The molecule has 0 spiro atoms. The van der Waals surface area contributed by atoms with Gasteiger partial charge in [-0.15, -0.1) is 11.6 Å². The molecule has 0 aliphatic carbocycles. The van der Waals surface area contributed by atoms with Crippen molar-refractivity contribution in [3.8, 4) is 0 Å². The number of imide groups is 2. The molecule has 0 N–H and O–H groups in total. The lowest BCUT2D eigenvalue weighted by molar-refractivity contribution is -0.163. The lowest BCUT2D eigenvalue weighted by Crippen LogP contribution is -2.67. The third-order valence-corrected chi connectivity index (χ3v) is 14.2. The number of esters is 1. The predicted octanol–water partition coefficient (Wildman–Crippen LogP) is 5.77. The number of piperidine rings is 1. The average Bonchev–Trinajstić information content (AvgIpc) is 3.84. The van der Waals surface area contributed by atoms with E-state index >= 15 is 14.4 Å². The number of carbonyl (C=O) groups is 5. The summed E-state index contributed by atoms with van der Waals surface area (Å²) >= 11 is 10.0. The highest BCUT2D eigenvalue weighted by molar-refractivity contribution is 14.1. The summed E-state index contributed by atoms with van der Waals surface area (Å²) in [6.07, 6.45) is 0. The van der Waals surface area contributed by atoms with Crippen LogP contribution in [0.4, 0.5) is 11.4 Å². The molecule has 262 valence electrons. The second-order valence-electron chi connectivity index (χ2n) is 14.2. The van der Waals surface area contributed by atoms with Crippen molar-refractivity contribution in [3.63, 3.8) is 0 Å². The van der Waals surface area contributed by atoms with Gasteiger partial charge in [-0.3, -0.25) is 24.1 Å². The molecule has 5 saturated heterocycles. The van der Waals surface area contributed by atoms with E-state index in [0.717, 1.165) is 20.9 Å². The predicted molar refractivity (Wildman–Crippen MR) is 202 cm³/mol. The first kappa shape index (κ1) is 33.4. The summed E-state index contributed by atoms with van der Waals surface area (Å²) < 4.78 is 5.23. The smallest absolute Gasteiger partial charge is 0.328 e. The molecule has 4 aromatic rings. The Bertz CT molecular complexity index is 2110. The van der Waals surface area contributed by atoms with Crippen molar-refractivity contribution in [2.45, 2.75) is 32.8 Å². The molecule has 0 saturated carbocycles. The highest BCUT2D eigenvalue weighted by atomic mass is 127. The van der Waals surface area contributed by atoms with Crippen molar-refractivity contribution >= 4 is 75.2 Å². The molecule has 5 fully saturated rings. The Hall–Kier alpha value is -4.39. The van der Waals surface area contributed by atoms with Crippen LogP contribution in [0.3, 0.4) is 0 Å². The van der Waals surface area contributed by atoms with Gasteiger partial charge in [-0.05, 0) is 35.4 Å². The molecule has 4 aromatic carbocycles. The summed E-state index contributed by atoms with van der Waals surface area (Å²) in [5.74, 6) is -8.42. The van der Waals surface area contributed by atoms with Crippen molar-refractivity contribution in [3.05, 3.63) is 132 Å². The number of hydrogen-bond acceptors (Lipinski definition) is 7. The standard InChI is InChI=1S/C41H33ClIN3O6/c1-52-40(51)41-30-28(36(47)44(38(30)49)24-18-10-4-11-19-24)34-27(32(42)23-16-8-3-9-17-23)26(22-14-6-2-7-15-22)33(43)35(46(34)41)29-31(41)39(50)45(37(29)48)25-20-12-5-13-21-25/h2-21,26-35H,1H3/t26-,27-,28+,29+,30+,31+,32-,33+,34+,35-,41-/m0/s1. The molecule has 9 rings (SSSR count). The van der Waals surface area contributed by atoms with E-state index in [1.54, 1.807) is 60.7 Å². The summed E-state index contributed by atoms with van der Waals surface area (Å²) in [6.45, 7) is 0. The fourth-order valence-corrected chi connectivity index (χ4v) is 12.6. The molecular formula is C41H33ClIN3O6. The Balaban J connectivity index is 1.34. The molecule has 5 aliphatic heterocycles. The maximum absolute atomic E-state index is 15.1. The number of fused-ring (bicyclic) bond motifs is 6. The first-order valence-electron chi connectivity index (χ1n) is 17.4. The van der Waals surface area contributed by atoms with Crippen LogP contribution < -0.4 is 9.80 Å². The van der Waals surface area contributed by atoms with Crippen molar-refractivity contribution in [1.82, 2.24) is 4.90 Å². The normalized spacial score (nSPS) is 33.9. The fraction of sp³-hybridized carbons (Fsp3) is 0.293. The minimum Gasteiger partial charge on any atom is -0.468 e. The lowest BCUT2D eigenvalue weighted by Gasteiger charge is -2.53. The number of nitrogens with zero attached hydrogens (tertiary/aromatic N) is 3. The number of alkyl halides is 2. The monoisotopic (exact) mass is 825 g/mol. The highest BCUT2D eigenvalue weighted by Gasteiger charge is 2.86. The summed E-state index contributed by atoms with van der Waals surface area (Å²) in [4.78, 5) is 79.1. The minimum absolute atomic E-state index is 0.342. The molecule has 11 heteroatoms. The van der Waals surface area contributed by atoms with Crippen molar-refractivity contribution in [2.75, 3.05) is 16.9 Å². The molecule has 5 heterocycles. The van der Waals surface area contributed by atoms with Crippen LogP contribution in [0, 0.1) is 29.6 Å². The summed E-state index contributed by atoms with van der Waals surface area (Å²) in [5.41, 5.74) is 0.573. The van der Waals surface area contributed by atoms with Crippen LogP contribution in [0.25, 0.3) is 0 Å². The van der Waals surface area contributed by atoms with Gasteiger partial charge in [0.15, 0.2) is 0 Å². The van der Waals surface area contributed by atoms with Gasteiger partial charge in [0.05, 0.1) is 47.5 Å². The number of para-hydroxylation sites is 2. The fourth-order valence-electron chi connectivity index (χ4n) is 10.4. The lowest BCUT2D eigenvalue weighted by atomic mass is 9.64. The quantitative estimate of drug-likeness (QED) is 0.105. The number of carbonyl (C=O) groups excluding carboxylic acids is 5. The Morgan fingerprint density at radius 1 is 0.654 bits per heavy atom. The van der Waals surface area contributed by atoms with Crippen molar-refractivity contribution in [2.24, 2.45) is 29.6 Å². The topological polar surface area (TPSA) is 104 Å². The van der Waals surface area contributed by atoms with Crippen LogP contribution in [-0.2, 0) is 28.7 Å². The molecule has 0 unspecified atom stereocenters. The Kier molecular flexibility index (Phi) is 7.94. The van der Waals surface area contributed by atoms with Gasteiger partial charge in [-0.1, -0.05) is 120 Å². The summed E-state index contributed by atoms with van der Waals surface area (Å²) in [6, 6.07) is 35.2. The van der Waals surface area contributed by atoms with E-state index in [1.165, 1.54) is 7.11 Å². The molecule has 5 aliphatic rings. The molecule has 4 amide bonds. The van der Waals surface area contributed by atoms with Gasteiger partial charge < -0.3 is 4.74 Å². The van der Waals surface area contributed by atoms with E-state index in [-0.39, 0.29) is 9.84 Å². The third kappa shape index (κ3) is 4.28. The molecule has 52 heavy (non-hydrogen) atoms. The first-order valence-corrected chi connectivity index (χ1v) is 19.0. The number of methoxy groups -OCH3 is 1. The summed E-state index contributed by atoms with van der Waals surface area (Å²) in [5, 5.41) is -0.676. The van der Waals surface area contributed by atoms with Gasteiger partial charge in [0.25, 0.3) is 0 Å². The van der Waals surface area contributed by atoms with Crippen LogP contribution in [0.1, 0.15) is 22.4 Å². The van der Waals surface area contributed by atoms with Gasteiger partial charge in [-0.25, -0.2) is 14.6 Å². The number of ether oxygens (including phenoxy) is 1.